The molecule has 232 valence electrons. The molecule has 4 heterocycles. The van der Waals surface area contributed by atoms with Gasteiger partial charge in [0.05, 0.1) is 28.4 Å². The third-order valence-corrected chi connectivity index (χ3v) is 8.06. The quantitative estimate of drug-likeness (QED) is 0.404. The first-order chi connectivity index (χ1) is 20.0. The van der Waals surface area contributed by atoms with Gasteiger partial charge in [-0.05, 0) is 68.2 Å². The van der Waals surface area contributed by atoms with Gasteiger partial charge in [-0.15, -0.1) is 5.10 Å². The van der Waals surface area contributed by atoms with E-state index in [0.717, 1.165) is 22.7 Å². The van der Waals surface area contributed by atoms with Gasteiger partial charge in [-0.1, -0.05) is 11.6 Å². The zero-order valence-corrected chi connectivity index (χ0v) is 26.1. The number of benzene rings is 1. The monoisotopic (exact) mass is 688 g/mol. The SMILES string of the molecule is C[C@@H]1CC2(CCN1C(=O)OC(C)(C)C)OCCc1c2c(=O)n2nc(Br)nc2n1CC(=O)Nc1ccc(C(F)(F)F)cc1Cl. The summed E-state index contributed by atoms with van der Waals surface area (Å²) in [5.41, 5.74) is -2.30. The van der Waals surface area contributed by atoms with Gasteiger partial charge < -0.3 is 24.3 Å². The van der Waals surface area contributed by atoms with Crippen molar-refractivity contribution in [2.24, 2.45) is 0 Å². The number of nitrogens with zero attached hydrogens (tertiary/aromatic N) is 5. The minimum Gasteiger partial charge on any atom is -0.444 e. The van der Waals surface area contributed by atoms with Crippen LogP contribution in [0.3, 0.4) is 0 Å². The van der Waals surface area contributed by atoms with E-state index in [4.69, 9.17) is 21.1 Å². The predicted octanol–water partition coefficient (Wildman–Crippen LogP) is 5.15. The zero-order valence-electron chi connectivity index (χ0n) is 23.7. The molecule has 2 aromatic heterocycles. The molecule has 43 heavy (non-hydrogen) atoms. The van der Waals surface area contributed by atoms with Crippen LogP contribution in [0.4, 0.5) is 23.7 Å². The number of nitrogens with one attached hydrogen (secondary N) is 1. The molecule has 1 spiro atoms. The summed E-state index contributed by atoms with van der Waals surface area (Å²) in [6, 6.07) is 2.29. The second-order valence-corrected chi connectivity index (χ2v) is 12.7. The maximum absolute atomic E-state index is 13.9. The summed E-state index contributed by atoms with van der Waals surface area (Å²) in [6.07, 6.45) is -4.17. The topological polar surface area (TPSA) is 120 Å². The molecule has 2 atom stereocenters. The van der Waals surface area contributed by atoms with Crippen molar-refractivity contribution in [2.75, 3.05) is 18.5 Å². The van der Waals surface area contributed by atoms with E-state index in [0.29, 0.717) is 24.1 Å². The molecule has 1 aromatic carbocycles. The Morgan fingerprint density at radius 1 is 1.28 bits per heavy atom. The highest BCUT2D eigenvalue weighted by Gasteiger charge is 2.48. The minimum atomic E-state index is -4.59. The lowest BCUT2D eigenvalue weighted by atomic mass is 9.79. The lowest BCUT2D eigenvalue weighted by Gasteiger charge is -2.47. The first-order valence-electron chi connectivity index (χ1n) is 13.5. The Morgan fingerprint density at radius 2 is 2.00 bits per heavy atom. The summed E-state index contributed by atoms with van der Waals surface area (Å²) in [7, 11) is 0. The van der Waals surface area contributed by atoms with Gasteiger partial charge in [0, 0.05) is 31.1 Å². The second kappa shape index (κ2) is 11.1. The fraction of sp³-hybridized carbons (Fsp3) is 0.519. The van der Waals surface area contributed by atoms with Crippen LogP contribution >= 0.6 is 27.5 Å². The maximum atomic E-state index is 13.9. The highest BCUT2D eigenvalue weighted by atomic mass is 79.9. The summed E-state index contributed by atoms with van der Waals surface area (Å²) >= 11 is 9.25. The average Bonchev–Trinajstić information content (AvgIpc) is 3.28. The molecule has 0 bridgehead atoms. The molecule has 1 unspecified atom stereocenters. The zero-order chi connectivity index (χ0) is 31.5. The van der Waals surface area contributed by atoms with Crippen molar-refractivity contribution < 1.29 is 32.2 Å². The predicted molar refractivity (Wildman–Crippen MR) is 153 cm³/mol. The van der Waals surface area contributed by atoms with Crippen molar-refractivity contribution in [1.29, 1.82) is 0 Å². The normalized spacial score (nSPS) is 20.8. The average molecular weight is 690 g/mol. The van der Waals surface area contributed by atoms with Crippen molar-refractivity contribution in [3.63, 3.8) is 0 Å². The van der Waals surface area contributed by atoms with Crippen molar-refractivity contribution in [3.8, 4) is 0 Å². The molecule has 16 heteroatoms. The minimum absolute atomic E-state index is 0.00334. The second-order valence-electron chi connectivity index (χ2n) is 11.6. The Balaban J connectivity index is 1.50. The van der Waals surface area contributed by atoms with E-state index >= 15 is 0 Å². The molecule has 5 rings (SSSR count). The number of carbonyl (C=O) groups is 2. The number of fused-ring (bicyclic) bond motifs is 3. The fourth-order valence-corrected chi connectivity index (χ4v) is 6.21. The number of hydrogen-bond acceptors (Lipinski definition) is 7. The van der Waals surface area contributed by atoms with E-state index in [2.05, 4.69) is 31.3 Å². The molecule has 1 N–H and O–H groups in total. The molecular formula is C27H29BrClF3N6O5. The van der Waals surface area contributed by atoms with Crippen LogP contribution in [0.5, 0.6) is 0 Å². The number of likely N-dealkylation sites (tertiary alicyclic amines) is 1. The first-order valence-corrected chi connectivity index (χ1v) is 14.6. The lowest BCUT2D eigenvalue weighted by molar-refractivity contribution is -0.137. The van der Waals surface area contributed by atoms with Crippen molar-refractivity contribution in [3.05, 3.63) is 55.1 Å². The molecule has 3 aromatic rings. The van der Waals surface area contributed by atoms with Crippen LogP contribution in [0.25, 0.3) is 5.78 Å². The third-order valence-electron chi connectivity index (χ3n) is 7.41. The summed E-state index contributed by atoms with van der Waals surface area (Å²) in [5.74, 6) is -0.511. The number of piperidine rings is 1. The third kappa shape index (κ3) is 6.11. The molecule has 2 aliphatic rings. The number of anilines is 1. The number of alkyl halides is 3. The molecule has 11 nitrogen and oxygen atoms in total. The van der Waals surface area contributed by atoms with Gasteiger partial charge in [-0.25, -0.2) is 4.79 Å². The van der Waals surface area contributed by atoms with Crippen LogP contribution in [-0.4, -0.2) is 60.9 Å². The molecular weight excluding hydrogens is 661 g/mol. The summed E-state index contributed by atoms with van der Waals surface area (Å²) in [4.78, 5) is 45.9. The Labute approximate surface area is 257 Å². The van der Waals surface area contributed by atoms with E-state index in [1.54, 1.807) is 30.2 Å². The number of aromatic nitrogens is 4. The molecule has 2 aliphatic heterocycles. The fourth-order valence-electron chi connectivity index (χ4n) is 5.66. The van der Waals surface area contributed by atoms with E-state index in [1.807, 2.05) is 6.92 Å². The van der Waals surface area contributed by atoms with Gasteiger partial charge in [0.15, 0.2) is 0 Å². The van der Waals surface area contributed by atoms with Crippen molar-refractivity contribution in [1.82, 2.24) is 24.1 Å². The highest BCUT2D eigenvalue weighted by molar-refractivity contribution is 9.10. The first kappa shape index (κ1) is 31.3. The van der Waals surface area contributed by atoms with Crippen LogP contribution in [0, 0.1) is 0 Å². The lowest BCUT2D eigenvalue weighted by Crippen LogP contribution is -2.55. The van der Waals surface area contributed by atoms with Gasteiger partial charge in [0.25, 0.3) is 5.56 Å². The van der Waals surface area contributed by atoms with Crippen molar-refractivity contribution >= 4 is 51.0 Å². The Morgan fingerprint density at radius 3 is 2.63 bits per heavy atom. The van der Waals surface area contributed by atoms with Crippen LogP contribution in [0.2, 0.25) is 5.02 Å². The standard InChI is InChI=1S/C27H29BrClF3N6O5/c1-14-12-26(8-9-36(14)24(41)43-25(2,3)4)20-18(7-10-42-26)37(23-34-22(28)35-38(23)21(20)40)13-19(39)33-17-6-5-15(11-16(17)29)27(30,31)32/h5-6,11,14H,7-10,12-13H2,1-4H3,(H,33,39)/t14-,26?/m1/s1. The number of rotatable bonds is 3. The van der Waals surface area contributed by atoms with Gasteiger partial charge in [-0.2, -0.15) is 22.7 Å². The molecule has 1 saturated heterocycles. The number of hydrogen-bond donors (Lipinski definition) is 1. The summed E-state index contributed by atoms with van der Waals surface area (Å²) in [5, 5.41) is 6.46. The van der Waals surface area contributed by atoms with Crippen LogP contribution in [0.15, 0.2) is 27.7 Å². The maximum Gasteiger partial charge on any atom is 0.416 e. The number of amides is 2. The molecule has 0 aliphatic carbocycles. The van der Waals surface area contributed by atoms with Gasteiger partial charge in [0.2, 0.25) is 16.4 Å². The highest BCUT2D eigenvalue weighted by Crippen LogP contribution is 2.42. The molecule has 0 saturated carbocycles. The largest absolute Gasteiger partial charge is 0.444 e. The van der Waals surface area contributed by atoms with Gasteiger partial charge in [0.1, 0.15) is 17.7 Å². The molecule has 2 amide bonds. The van der Waals surface area contributed by atoms with Crippen LogP contribution in [0.1, 0.15) is 57.4 Å². The van der Waals surface area contributed by atoms with Crippen LogP contribution in [-0.2, 0) is 39.0 Å². The number of ether oxygens (including phenoxy) is 2. The summed E-state index contributed by atoms with van der Waals surface area (Å²) in [6.45, 7) is 7.37. The molecule has 1 fully saturated rings. The number of carbonyl (C=O) groups excluding carboxylic acids is 2. The van der Waals surface area contributed by atoms with E-state index in [-0.39, 0.29) is 53.4 Å². The van der Waals surface area contributed by atoms with E-state index in [1.165, 1.54) is 0 Å². The Bertz CT molecular complexity index is 1670. The summed E-state index contributed by atoms with van der Waals surface area (Å²) < 4.78 is 53.8. The van der Waals surface area contributed by atoms with E-state index in [9.17, 15) is 27.6 Å². The number of halogens is 5. The van der Waals surface area contributed by atoms with Crippen molar-refractivity contribution in [2.45, 2.75) is 76.9 Å². The smallest absolute Gasteiger partial charge is 0.416 e. The van der Waals surface area contributed by atoms with E-state index < -0.39 is 40.5 Å². The van der Waals surface area contributed by atoms with Gasteiger partial charge >= 0.3 is 12.3 Å². The van der Waals surface area contributed by atoms with Crippen LogP contribution < -0.4 is 10.9 Å². The Kier molecular flexibility index (Phi) is 8.05. The Hall–Kier alpha value is -3.17. The molecule has 0 radical (unpaired) electrons. The van der Waals surface area contributed by atoms with Gasteiger partial charge in [-0.3, -0.25) is 9.59 Å².